The van der Waals surface area contributed by atoms with E-state index in [0.29, 0.717) is 36.9 Å². The number of nitrogens with zero attached hydrogens (tertiary/aromatic N) is 3. The Morgan fingerprint density at radius 3 is 2.45 bits per heavy atom. The Kier molecular flexibility index (Phi) is 14.2. The number of rotatable bonds is 15. The Bertz CT molecular complexity index is 2640. The molecule has 0 unspecified atom stereocenters. The van der Waals surface area contributed by atoms with E-state index in [-0.39, 0.29) is 34.1 Å². The number of aromatic hydroxyl groups is 1. The van der Waals surface area contributed by atoms with E-state index < -0.39 is 14.4 Å². The summed E-state index contributed by atoms with van der Waals surface area (Å²) in [5.41, 5.74) is 7.58. The molecule has 6 aromatic rings. The normalized spacial score (nSPS) is 16.7. The van der Waals surface area contributed by atoms with E-state index in [1.54, 1.807) is 12.1 Å². The Morgan fingerprint density at radius 1 is 0.953 bits per heavy atom. The lowest BCUT2D eigenvalue weighted by Gasteiger charge is -2.39. The number of nitrogens with one attached hydrogen (secondary N) is 4. The molecular formula is C51H65N7O5Si. The van der Waals surface area contributed by atoms with Crippen molar-refractivity contribution in [3.8, 4) is 16.9 Å². The zero-order valence-electron chi connectivity index (χ0n) is 38.6. The van der Waals surface area contributed by atoms with E-state index >= 15 is 0 Å². The lowest BCUT2D eigenvalue weighted by atomic mass is 9.91. The highest BCUT2D eigenvalue weighted by atomic mass is 28.4. The number of pyridine rings is 1. The van der Waals surface area contributed by atoms with Crippen LogP contribution in [0.5, 0.6) is 5.75 Å². The number of phenols is 1. The highest BCUT2D eigenvalue weighted by Crippen LogP contribution is 2.41. The third-order valence-corrected chi connectivity index (χ3v) is 17.0. The number of carbonyl (C=O) groups is 1. The van der Waals surface area contributed by atoms with E-state index in [1.165, 1.54) is 6.07 Å². The number of carbonyl (C=O) groups excluding carboxylic acids is 1. The first-order valence-electron chi connectivity index (χ1n) is 22.6. The number of phenolic OH excluding ortho intramolecular Hbond substituents is 1. The van der Waals surface area contributed by atoms with E-state index in [2.05, 4.69) is 122 Å². The van der Waals surface area contributed by atoms with Gasteiger partial charge in [-0.3, -0.25) is 10.1 Å². The molecule has 4 aromatic carbocycles. The number of anilines is 1. The molecule has 12 nitrogen and oxygen atoms in total. The summed E-state index contributed by atoms with van der Waals surface area (Å²) in [4.78, 5) is 28.2. The summed E-state index contributed by atoms with van der Waals surface area (Å²) in [6, 6.07) is 29.6. The van der Waals surface area contributed by atoms with Crippen LogP contribution < -0.4 is 21.5 Å². The Morgan fingerprint density at radius 2 is 1.72 bits per heavy atom. The van der Waals surface area contributed by atoms with Crippen molar-refractivity contribution in [2.75, 3.05) is 11.9 Å². The van der Waals surface area contributed by atoms with Gasteiger partial charge in [0.2, 0.25) is 5.56 Å². The summed E-state index contributed by atoms with van der Waals surface area (Å²) in [6.45, 7) is 19.4. The lowest BCUT2D eigenvalue weighted by molar-refractivity contribution is 0.0762. The Labute approximate surface area is 378 Å². The second-order valence-electron chi connectivity index (χ2n) is 19.7. The number of amides is 1. The summed E-state index contributed by atoms with van der Waals surface area (Å²) in [6.07, 6.45) is 7.73. The molecule has 1 atom stereocenters. The third kappa shape index (κ3) is 11.7. The maximum absolute atomic E-state index is 13.3. The van der Waals surface area contributed by atoms with Crippen LogP contribution in [0.1, 0.15) is 96.4 Å². The fourth-order valence-electron chi connectivity index (χ4n) is 8.21. The molecule has 0 radical (unpaired) electrons. The van der Waals surface area contributed by atoms with Crippen molar-refractivity contribution in [2.45, 2.75) is 129 Å². The molecule has 0 spiro atoms. The fourth-order valence-corrected chi connectivity index (χ4v) is 9.49. The molecule has 13 heteroatoms. The maximum atomic E-state index is 13.3. The van der Waals surface area contributed by atoms with Crippen molar-refractivity contribution in [1.29, 1.82) is 0 Å². The SMILES string of the molecule is CC(C)(C)NC1CCC(OC(=O)Nc2cc(C=CCCn3nnc4cc(CNC[C@H](O[Si](C)(C)C(C)(C)C)c5ccc(O)c6[nH]c(=O)ccc56)ccc43)ccc2-c2ccccc2)CC1. The van der Waals surface area contributed by atoms with Crippen molar-refractivity contribution in [1.82, 2.24) is 30.6 Å². The molecule has 1 fully saturated rings. The molecule has 5 N–H and O–H groups in total. The summed E-state index contributed by atoms with van der Waals surface area (Å²) in [5.74, 6) is 0.0290. The van der Waals surface area contributed by atoms with E-state index in [9.17, 15) is 14.7 Å². The van der Waals surface area contributed by atoms with Crippen LogP contribution in [-0.2, 0) is 22.3 Å². The van der Waals surface area contributed by atoms with E-state index in [4.69, 9.17) is 9.16 Å². The summed E-state index contributed by atoms with van der Waals surface area (Å²) in [5, 5.41) is 30.7. The summed E-state index contributed by atoms with van der Waals surface area (Å²) < 4.78 is 14.9. The first kappa shape index (κ1) is 46.4. The number of allylic oxidation sites excluding steroid dienone is 1. The van der Waals surface area contributed by atoms with Crippen LogP contribution in [0, 0.1) is 0 Å². The van der Waals surface area contributed by atoms with Gasteiger partial charge in [-0.15, -0.1) is 5.10 Å². The topological polar surface area (TPSA) is 155 Å². The van der Waals surface area contributed by atoms with Crippen LogP contribution in [0.15, 0.2) is 102 Å². The highest BCUT2D eigenvalue weighted by Gasteiger charge is 2.40. The van der Waals surface area contributed by atoms with Crippen molar-refractivity contribution in [3.63, 3.8) is 0 Å². The molecule has 0 aliphatic heterocycles. The zero-order chi connectivity index (χ0) is 45.6. The molecular weight excluding hydrogens is 819 g/mol. The maximum Gasteiger partial charge on any atom is 0.411 e. The van der Waals surface area contributed by atoms with Crippen molar-refractivity contribution >= 4 is 48.1 Å². The molecule has 0 saturated heterocycles. The van der Waals surface area contributed by atoms with Crippen LogP contribution in [0.3, 0.4) is 0 Å². The van der Waals surface area contributed by atoms with Gasteiger partial charge in [-0.05, 0) is 124 Å². The van der Waals surface area contributed by atoms with Gasteiger partial charge >= 0.3 is 6.09 Å². The monoisotopic (exact) mass is 883 g/mol. The van der Waals surface area contributed by atoms with Gasteiger partial charge in [-0.25, -0.2) is 9.48 Å². The molecule has 1 saturated carbocycles. The van der Waals surface area contributed by atoms with Gasteiger partial charge in [-0.1, -0.05) is 92.7 Å². The fraction of sp³-hybridized carbons (Fsp3) is 0.412. The molecule has 1 amide bonds. The van der Waals surface area contributed by atoms with Crippen molar-refractivity contribution < 1.29 is 19.1 Å². The molecule has 338 valence electrons. The van der Waals surface area contributed by atoms with E-state index in [0.717, 1.165) is 76.3 Å². The van der Waals surface area contributed by atoms with Crippen LogP contribution in [0.2, 0.25) is 18.1 Å². The second kappa shape index (κ2) is 19.6. The second-order valence-corrected chi connectivity index (χ2v) is 24.4. The average Bonchev–Trinajstić information content (AvgIpc) is 3.64. The molecule has 7 rings (SSSR count). The smallest absolute Gasteiger partial charge is 0.411 e. The quantitative estimate of drug-likeness (QED) is 0.0634. The minimum absolute atomic E-state index is 0.0190. The summed E-state index contributed by atoms with van der Waals surface area (Å²) >= 11 is 0. The number of aromatic nitrogens is 4. The molecule has 2 aromatic heterocycles. The van der Waals surface area contributed by atoms with Gasteiger partial charge in [0.05, 0.1) is 22.8 Å². The van der Waals surface area contributed by atoms with E-state index in [1.807, 2.05) is 53.2 Å². The predicted molar refractivity (Wildman–Crippen MR) is 261 cm³/mol. The number of aryl methyl sites for hydroxylation is 1. The zero-order valence-corrected chi connectivity index (χ0v) is 39.6. The van der Waals surface area contributed by atoms with Gasteiger partial charge in [-0.2, -0.15) is 0 Å². The average molecular weight is 884 g/mol. The van der Waals surface area contributed by atoms with Gasteiger partial charge in [0.25, 0.3) is 0 Å². The minimum Gasteiger partial charge on any atom is -0.506 e. The number of aromatic amines is 1. The van der Waals surface area contributed by atoms with Crippen LogP contribution in [-0.4, -0.2) is 63.7 Å². The molecule has 0 bridgehead atoms. The molecule has 1 aliphatic rings. The minimum atomic E-state index is -2.22. The molecule has 1 aliphatic carbocycles. The number of hydrogen-bond donors (Lipinski definition) is 5. The predicted octanol–water partition coefficient (Wildman–Crippen LogP) is 10.8. The standard InChI is InChI=1S/C51H65N7O5Si/c1-50(2,3)55-37-19-21-38(22-20-37)62-49(61)53-42-30-34(17-23-39(42)36-15-10-9-11-16-36)14-12-13-29-58-44-26-18-35(31-43(44)56-57-58)32-52-33-46(63-64(7,8)51(4,5)6)40-24-27-45(59)48-41(40)25-28-47(60)54-48/h9-12,14-18,23-28,30-31,37-38,46,52,55,59H,13,19-22,29,32-33H2,1-8H3,(H,53,61)(H,54,60)/t37?,38?,46-/m0/s1. The summed E-state index contributed by atoms with van der Waals surface area (Å²) in [7, 11) is -2.22. The molecule has 2 heterocycles. The Hall–Kier alpha value is -5.60. The first-order chi connectivity index (χ1) is 30.4. The van der Waals surface area contributed by atoms with Crippen LogP contribution in [0.25, 0.3) is 39.1 Å². The number of H-pyrrole nitrogens is 1. The lowest BCUT2D eigenvalue weighted by Crippen LogP contribution is -2.46. The number of benzene rings is 4. The van der Waals surface area contributed by atoms with Gasteiger partial charge in [0.15, 0.2) is 8.32 Å². The third-order valence-electron chi connectivity index (χ3n) is 12.5. The van der Waals surface area contributed by atoms with Gasteiger partial charge in [0, 0.05) is 48.2 Å². The van der Waals surface area contributed by atoms with Crippen LogP contribution in [0.4, 0.5) is 10.5 Å². The molecule has 64 heavy (non-hydrogen) atoms. The van der Waals surface area contributed by atoms with Crippen LogP contribution >= 0.6 is 0 Å². The van der Waals surface area contributed by atoms with Crippen molar-refractivity contribution in [2.24, 2.45) is 0 Å². The largest absolute Gasteiger partial charge is 0.506 e. The number of hydrogen-bond acceptors (Lipinski definition) is 9. The Balaban J connectivity index is 0.975. The first-order valence-corrected chi connectivity index (χ1v) is 25.5. The van der Waals surface area contributed by atoms with Crippen molar-refractivity contribution in [3.05, 3.63) is 124 Å². The number of ether oxygens (including phenoxy) is 1. The van der Waals surface area contributed by atoms with Gasteiger partial charge in [0.1, 0.15) is 17.4 Å². The number of fused-ring (bicyclic) bond motifs is 2. The van der Waals surface area contributed by atoms with Gasteiger partial charge < -0.3 is 29.9 Å². The highest BCUT2D eigenvalue weighted by molar-refractivity contribution is 6.74.